The summed E-state index contributed by atoms with van der Waals surface area (Å²) >= 11 is 3.36. The standard InChI is InChI=1S/C16H17BrN4O2/c1-3-15(22)18-8-7-12-5-4-6-14(19-12)20-13-9-11(17)10-21(2)16(13)23/h3-6,9-10H,1,7-8H2,2H3,(H,18,22)(H,19,20). The minimum absolute atomic E-state index is 0.140. The highest BCUT2D eigenvalue weighted by molar-refractivity contribution is 9.10. The first kappa shape index (κ1) is 17.0. The molecule has 2 rings (SSSR count). The quantitative estimate of drug-likeness (QED) is 0.757. The number of anilines is 2. The van der Waals surface area contributed by atoms with Crippen molar-refractivity contribution in [1.82, 2.24) is 14.9 Å². The lowest BCUT2D eigenvalue weighted by Gasteiger charge is -2.09. The summed E-state index contributed by atoms with van der Waals surface area (Å²) in [5.74, 6) is 0.365. The molecule has 2 aromatic heterocycles. The van der Waals surface area contributed by atoms with Crippen LogP contribution in [-0.4, -0.2) is 22.0 Å². The third-order valence-electron chi connectivity index (χ3n) is 3.09. The molecule has 0 aliphatic carbocycles. The predicted octanol–water partition coefficient (Wildman–Crippen LogP) is 2.13. The van der Waals surface area contributed by atoms with Crippen molar-refractivity contribution in [2.24, 2.45) is 7.05 Å². The molecule has 0 saturated heterocycles. The number of halogens is 1. The van der Waals surface area contributed by atoms with Gasteiger partial charge in [0.1, 0.15) is 11.5 Å². The average Bonchev–Trinajstić information content (AvgIpc) is 2.52. The first-order valence-corrected chi connectivity index (χ1v) is 7.78. The lowest BCUT2D eigenvalue weighted by molar-refractivity contribution is -0.116. The van der Waals surface area contributed by atoms with Gasteiger partial charge in [-0.05, 0) is 40.2 Å². The van der Waals surface area contributed by atoms with Gasteiger partial charge in [0, 0.05) is 36.4 Å². The Morgan fingerprint density at radius 3 is 3.00 bits per heavy atom. The molecule has 0 aliphatic heterocycles. The van der Waals surface area contributed by atoms with Crippen molar-refractivity contribution in [3.8, 4) is 0 Å². The van der Waals surface area contributed by atoms with E-state index in [1.807, 2.05) is 12.1 Å². The van der Waals surface area contributed by atoms with Crippen LogP contribution < -0.4 is 16.2 Å². The molecule has 0 atom stereocenters. The molecular weight excluding hydrogens is 360 g/mol. The SMILES string of the molecule is C=CC(=O)NCCc1cccc(Nc2cc(Br)cn(C)c2=O)n1. The summed E-state index contributed by atoms with van der Waals surface area (Å²) in [6.07, 6.45) is 3.51. The second kappa shape index (κ2) is 7.73. The van der Waals surface area contributed by atoms with E-state index in [-0.39, 0.29) is 11.5 Å². The number of pyridine rings is 2. The number of carbonyl (C=O) groups is 1. The maximum absolute atomic E-state index is 12.1. The monoisotopic (exact) mass is 376 g/mol. The number of nitrogens with one attached hydrogen (secondary N) is 2. The summed E-state index contributed by atoms with van der Waals surface area (Å²) in [5.41, 5.74) is 1.11. The topological polar surface area (TPSA) is 76.0 Å². The van der Waals surface area contributed by atoms with Crippen molar-refractivity contribution in [3.63, 3.8) is 0 Å². The van der Waals surface area contributed by atoms with Gasteiger partial charge in [0.2, 0.25) is 5.91 Å². The Morgan fingerprint density at radius 2 is 2.26 bits per heavy atom. The summed E-state index contributed by atoms with van der Waals surface area (Å²) in [6, 6.07) is 7.21. The minimum Gasteiger partial charge on any atom is -0.352 e. The first-order valence-electron chi connectivity index (χ1n) is 6.99. The van der Waals surface area contributed by atoms with Crippen LogP contribution in [0, 0.1) is 0 Å². The number of amides is 1. The molecule has 1 amide bonds. The van der Waals surface area contributed by atoms with Crippen LogP contribution in [-0.2, 0) is 18.3 Å². The van der Waals surface area contributed by atoms with E-state index >= 15 is 0 Å². The number of aromatic nitrogens is 2. The lowest BCUT2D eigenvalue weighted by atomic mass is 10.2. The highest BCUT2D eigenvalue weighted by Crippen LogP contribution is 2.16. The van der Waals surface area contributed by atoms with Gasteiger partial charge in [-0.1, -0.05) is 12.6 Å². The molecule has 2 N–H and O–H groups in total. The third-order valence-corrected chi connectivity index (χ3v) is 3.52. The molecule has 0 saturated carbocycles. The lowest BCUT2D eigenvalue weighted by Crippen LogP contribution is -2.23. The molecule has 23 heavy (non-hydrogen) atoms. The Labute approximate surface area is 142 Å². The molecule has 0 radical (unpaired) electrons. The molecule has 6 nitrogen and oxygen atoms in total. The third kappa shape index (κ3) is 4.79. The van der Waals surface area contributed by atoms with Crippen LogP contribution in [0.25, 0.3) is 0 Å². The Morgan fingerprint density at radius 1 is 1.48 bits per heavy atom. The molecular formula is C16H17BrN4O2. The molecule has 2 heterocycles. The van der Waals surface area contributed by atoms with E-state index in [2.05, 4.69) is 38.1 Å². The van der Waals surface area contributed by atoms with Crippen molar-refractivity contribution in [2.45, 2.75) is 6.42 Å². The molecule has 0 aliphatic rings. The fraction of sp³-hybridized carbons (Fsp3) is 0.188. The number of hydrogen-bond donors (Lipinski definition) is 2. The predicted molar refractivity (Wildman–Crippen MR) is 93.8 cm³/mol. The van der Waals surface area contributed by atoms with Crippen LogP contribution in [0.3, 0.4) is 0 Å². The molecule has 0 unspecified atom stereocenters. The van der Waals surface area contributed by atoms with E-state index in [0.29, 0.717) is 24.5 Å². The van der Waals surface area contributed by atoms with Crippen LogP contribution in [0.4, 0.5) is 11.5 Å². The van der Waals surface area contributed by atoms with Gasteiger partial charge in [0.05, 0.1) is 0 Å². The Kier molecular flexibility index (Phi) is 5.70. The van der Waals surface area contributed by atoms with Gasteiger partial charge < -0.3 is 15.2 Å². The Hall–Kier alpha value is -2.41. The van der Waals surface area contributed by atoms with Crippen LogP contribution in [0.2, 0.25) is 0 Å². The summed E-state index contributed by atoms with van der Waals surface area (Å²) in [7, 11) is 1.68. The zero-order chi connectivity index (χ0) is 16.8. The van der Waals surface area contributed by atoms with E-state index in [1.54, 1.807) is 25.4 Å². The summed E-state index contributed by atoms with van der Waals surface area (Å²) in [4.78, 5) is 27.6. The molecule has 0 bridgehead atoms. The number of hydrogen-bond acceptors (Lipinski definition) is 4. The van der Waals surface area contributed by atoms with Crippen LogP contribution in [0.5, 0.6) is 0 Å². The van der Waals surface area contributed by atoms with Gasteiger partial charge in [-0.15, -0.1) is 0 Å². The number of rotatable bonds is 6. The summed E-state index contributed by atoms with van der Waals surface area (Å²) in [5, 5.41) is 5.72. The molecule has 0 fully saturated rings. The zero-order valence-electron chi connectivity index (χ0n) is 12.7. The molecule has 0 aromatic carbocycles. The van der Waals surface area contributed by atoms with Crippen molar-refractivity contribution >= 4 is 33.3 Å². The fourth-order valence-electron chi connectivity index (χ4n) is 1.97. The van der Waals surface area contributed by atoms with Crippen LogP contribution >= 0.6 is 15.9 Å². The van der Waals surface area contributed by atoms with E-state index < -0.39 is 0 Å². The second-order valence-electron chi connectivity index (χ2n) is 4.87. The molecule has 0 spiro atoms. The number of carbonyl (C=O) groups excluding carboxylic acids is 1. The maximum Gasteiger partial charge on any atom is 0.274 e. The Balaban J connectivity index is 2.10. The highest BCUT2D eigenvalue weighted by Gasteiger charge is 2.05. The fourth-order valence-corrected chi connectivity index (χ4v) is 2.51. The van der Waals surface area contributed by atoms with Gasteiger partial charge in [0.15, 0.2) is 0 Å². The summed E-state index contributed by atoms with van der Waals surface area (Å²) < 4.78 is 2.28. The highest BCUT2D eigenvalue weighted by atomic mass is 79.9. The van der Waals surface area contributed by atoms with Crippen LogP contribution in [0.1, 0.15) is 5.69 Å². The zero-order valence-corrected chi connectivity index (χ0v) is 14.3. The second-order valence-corrected chi connectivity index (χ2v) is 5.79. The van der Waals surface area contributed by atoms with E-state index in [0.717, 1.165) is 10.2 Å². The van der Waals surface area contributed by atoms with E-state index in [9.17, 15) is 9.59 Å². The van der Waals surface area contributed by atoms with Gasteiger partial charge in [0.25, 0.3) is 5.56 Å². The first-order chi connectivity index (χ1) is 11.0. The van der Waals surface area contributed by atoms with Crippen molar-refractivity contribution in [3.05, 3.63) is 63.6 Å². The molecule has 120 valence electrons. The normalized spacial score (nSPS) is 10.2. The maximum atomic E-state index is 12.1. The van der Waals surface area contributed by atoms with Crippen LogP contribution in [0.15, 0.2) is 52.4 Å². The van der Waals surface area contributed by atoms with Crippen molar-refractivity contribution in [2.75, 3.05) is 11.9 Å². The smallest absolute Gasteiger partial charge is 0.274 e. The summed E-state index contributed by atoms with van der Waals surface area (Å²) in [6.45, 7) is 3.87. The van der Waals surface area contributed by atoms with Gasteiger partial charge in [-0.2, -0.15) is 0 Å². The minimum atomic E-state index is -0.211. The largest absolute Gasteiger partial charge is 0.352 e. The van der Waals surface area contributed by atoms with E-state index in [4.69, 9.17) is 0 Å². The van der Waals surface area contributed by atoms with E-state index in [1.165, 1.54) is 10.6 Å². The van der Waals surface area contributed by atoms with Gasteiger partial charge in [-0.3, -0.25) is 9.59 Å². The van der Waals surface area contributed by atoms with Gasteiger partial charge >= 0.3 is 0 Å². The molecule has 2 aromatic rings. The van der Waals surface area contributed by atoms with Crippen molar-refractivity contribution < 1.29 is 4.79 Å². The molecule has 7 heteroatoms. The number of nitrogens with zero attached hydrogens (tertiary/aromatic N) is 2. The average molecular weight is 377 g/mol. The Bertz CT molecular complexity index is 786. The van der Waals surface area contributed by atoms with Gasteiger partial charge in [-0.25, -0.2) is 4.98 Å². The number of aryl methyl sites for hydroxylation is 1. The van der Waals surface area contributed by atoms with Crippen molar-refractivity contribution in [1.29, 1.82) is 0 Å².